The minimum absolute atomic E-state index is 0.0237. The van der Waals surface area contributed by atoms with Gasteiger partial charge in [0.05, 0.1) is 29.1 Å². The SMILES string of the molecule is CC.CCCc1nc(CC)n(C(C)C=C/C(C)=C(\C)OC(C)(C)C)c(=O)c1Cc1ccc(-c2ccccc2C#N)cc1. The Morgan fingerprint density at radius 3 is 2.29 bits per heavy atom. The molecule has 0 aliphatic heterocycles. The first-order chi connectivity index (χ1) is 20.0. The number of allylic oxidation sites excluding steroid dienone is 4. The number of aromatic nitrogens is 2. The average Bonchev–Trinajstić information content (AvgIpc) is 2.97. The average molecular weight is 568 g/mol. The van der Waals surface area contributed by atoms with E-state index in [-0.39, 0.29) is 17.2 Å². The standard InChI is InChI=1S/C35H43N3O2.C2H6/c1-9-13-32-31(22-27-18-20-28(21-19-27)30-15-12-11-14-29(30)23-36)34(39)38(33(10-2)37-32)25(4)17-16-24(3)26(5)40-35(6,7)8;1-2/h11-12,14-21,25H,9-10,13,22H2,1-8H3;1-2H3/b17-16?,26-24+;. The van der Waals surface area contributed by atoms with E-state index in [1.807, 2.05) is 121 Å². The first-order valence-corrected chi connectivity index (χ1v) is 15.2. The van der Waals surface area contributed by atoms with Crippen LogP contribution in [0.2, 0.25) is 0 Å². The Labute approximate surface area is 253 Å². The van der Waals surface area contributed by atoms with Gasteiger partial charge in [-0.2, -0.15) is 5.26 Å². The summed E-state index contributed by atoms with van der Waals surface area (Å²) in [6, 6.07) is 17.9. The third-order valence-corrected chi connectivity index (χ3v) is 6.91. The fourth-order valence-corrected chi connectivity index (χ4v) is 4.82. The van der Waals surface area contributed by atoms with Crippen molar-refractivity contribution < 1.29 is 4.74 Å². The van der Waals surface area contributed by atoms with Gasteiger partial charge in [-0.15, -0.1) is 0 Å². The van der Waals surface area contributed by atoms with Crippen LogP contribution in [-0.2, 0) is 24.0 Å². The number of rotatable bonds is 10. The van der Waals surface area contributed by atoms with Crippen molar-refractivity contribution in [3.63, 3.8) is 0 Å². The molecule has 2 aromatic carbocycles. The molecule has 0 aliphatic rings. The zero-order valence-corrected chi connectivity index (χ0v) is 27.3. The molecule has 42 heavy (non-hydrogen) atoms. The number of nitrogens with zero attached hydrogens (tertiary/aromatic N) is 3. The molecule has 0 amide bonds. The Morgan fingerprint density at radius 1 is 1.07 bits per heavy atom. The third kappa shape index (κ3) is 9.05. The molecule has 0 fully saturated rings. The lowest BCUT2D eigenvalue weighted by molar-refractivity contribution is 0.0519. The van der Waals surface area contributed by atoms with E-state index in [1.165, 1.54) is 0 Å². The molecular formula is C37H49N3O2. The van der Waals surface area contributed by atoms with E-state index in [1.54, 1.807) is 0 Å². The summed E-state index contributed by atoms with van der Waals surface area (Å²) in [5.41, 5.74) is 6.02. The van der Waals surface area contributed by atoms with Crippen LogP contribution in [-0.4, -0.2) is 15.2 Å². The van der Waals surface area contributed by atoms with E-state index in [2.05, 4.69) is 19.1 Å². The Balaban J connectivity index is 0.00000301. The summed E-state index contributed by atoms with van der Waals surface area (Å²) in [5.74, 6) is 1.68. The van der Waals surface area contributed by atoms with Gasteiger partial charge in [-0.25, -0.2) is 4.98 Å². The molecule has 0 saturated carbocycles. The van der Waals surface area contributed by atoms with Crippen LogP contribution in [0.5, 0.6) is 0 Å². The van der Waals surface area contributed by atoms with Crippen molar-refractivity contribution in [1.82, 2.24) is 9.55 Å². The normalized spacial score (nSPS) is 12.7. The predicted molar refractivity (Wildman–Crippen MR) is 176 cm³/mol. The van der Waals surface area contributed by atoms with Crippen molar-refractivity contribution in [2.45, 2.75) is 107 Å². The topological polar surface area (TPSA) is 67.9 Å². The molecule has 0 aliphatic carbocycles. The number of aryl methyl sites for hydroxylation is 2. The van der Waals surface area contributed by atoms with E-state index in [4.69, 9.17) is 9.72 Å². The lowest BCUT2D eigenvalue weighted by Crippen LogP contribution is -2.32. The van der Waals surface area contributed by atoms with E-state index in [0.29, 0.717) is 18.4 Å². The first kappa shape index (κ1) is 34.3. The number of hydrogen-bond donors (Lipinski definition) is 0. The minimum atomic E-state index is -0.262. The molecule has 1 atom stereocenters. The molecule has 0 radical (unpaired) electrons. The molecule has 0 saturated heterocycles. The van der Waals surface area contributed by atoms with Crippen LogP contribution in [0.4, 0.5) is 0 Å². The van der Waals surface area contributed by atoms with Crippen LogP contribution in [0.3, 0.4) is 0 Å². The van der Waals surface area contributed by atoms with Crippen molar-refractivity contribution in [1.29, 1.82) is 5.26 Å². The van der Waals surface area contributed by atoms with Crippen molar-refractivity contribution in [2.24, 2.45) is 0 Å². The maximum atomic E-state index is 14.0. The molecule has 1 aromatic heterocycles. The van der Waals surface area contributed by atoms with Crippen LogP contribution in [0.25, 0.3) is 11.1 Å². The van der Waals surface area contributed by atoms with E-state index in [9.17, 15) is 10.1 Å². The second-order valence-electron chi connectivity index (χ2n) is 11.3. The van der Waals surface area contributed by atoms with E-state index >= 15 is 0 Å². The molecular weight excluding hydrogens is 518 g/mol. The van der Waals surface area contributed by atoms with E-state index < -0.39 is 0 Å². The molecule has 0 bridgehead atoms. The van der Waals surface area contributed by atoms with E-state index in [0.717, 1.165) is 57.9 Å². The van der Waals surface area contributed by atoms with Crippen molar-refractivity contribution in [2.75, 3.05) is 0 Å². The summed E-state index contributed by atoms with van der Waals surface area (Å²) in [4.78, 5) is 19.1. The highest BCUT2D eigenvalue weighted by Crippen LogP contribution is 2.25. The Kier molecular flexibility index (Phi) is 13.0. The van der Waals surface area contributed by atoms with Crippen molar-refractivity contribution in [3.05, 3.63) is 111 Å². The van der Waals surface area contributed by atoms with Gasteiger partial charge < -0.3 is 4.74 Å². The van der Waals surface area contributed by atoms with Gasteiger partial charge in [0.15, 0.2) is 0 Å². The Morgan fingerprint density at radius 2 is 1.71 bits per heavy atom. The molecule has 3 aromatic rings. The molecule has 1 unspecified atom stereocenters. The van der Waals surface area contributed by atoms with Crippen molar-refractivity contribution >= 4 is 0 Å². The summed E-state index contributed by atoms with van der Waals surface area (Å²) in [6.07, 6.45) is 6.97. The maximum absolute atomic E-state index is 14.0. The largest absolute Gasteiger partial charge is 0.493 e. The van der Waals surface area contributed by atoms with Crippen LogP contribution in [0.15, 0.2) is 76.8 Å². The molecule has 0 N–H and O–H groups in total. The minimum Gasteiger partial charge on any atom is -0.493 e. The highest BCUT2D eigenvalue weighted by Gasteiger charge is 2.19. The van der Waals surface area contributed by atoms with Gasteiger partial charge in [-0.3, -0.25) is 9.36 Å². The lowest BCUT2D eigenvalue weighted by atomic mass is 9.97. The number of hydrogen-bond acceptors (Lipinski definition) is 4. The maximum Gasteiger partial charge on any atom is 0.257 e. The summed E-state index contributed by atoms with van der Waals surface area (Å²) in [5, 5.41) is 9.49. The van der Waals surface area contributed by atoms with Crippen LogP contribution >= 0.6 is 0 Å². The molecule has 5 nitrogen and oxygen atoms in total. The number of nitriles is 1. The summed E-state index contributed by atoms with van der Waals surface area (Å²) >= 11 is 0. The molecule has 0 spiro atoms. The number of ether oxygens (including phenoxy) is 1. The zero-order valence-electron chi connectivity index (χ0n) is 27.3. The quantitative estimate of drug-likeness (QED) is 0.181. The lowest BCUT2D eigenvalue weighted by Gasteiger charge is -2.23. The highest BCUT2D eigenvalue weighted by molar-refractivity contribution is 5.70. The molecule has 1 heterocycles. The summed E-state index contributed by atoms with van der Waals surface area (Å²) in [7, 11) is 0. The van der Waals surface area contributed by atoms with Crippen LogP contribution in [0.1, 0.15) is 110 Å². The highest BCUT2D eigenvalue weighted by atomic mass is 16.5. The second-order valence-corrected chi connectivity index (χ2v) is 11.3. The second kappa shape index (κ2) is 15.9. The van der Waals surface area contributed by atoms with Gasteiger partial charge in [-0.1, -0.05) is 88.7 Å². The van der Waals surface area contributed by atoms with Gasteiger partial charge in [0.25, 0.3) is 5.56 Å². The van der Waals surface area contributed by atoms with Crippen LogP contribution < -0.4 is 5.56 Å². The molecule has 3 rings (SSSR count). The fraction of sp³-hybridized carbons (Fsp3) is 0.432. The zero-order chi connectivity index (χ0) is 31.4. The van der Waals surface area contributed by atoms with Gasteiger partial charge in [0.1, 0.15) is 11.4 Å². The molecule has 5 heteroatoms. The molecule has 224 valence electrons. The van der Waals surface area contributed by atoms with Gasteiger partial charge in [0, 0.05) is 18.4 Å². The summed E-state index contributed by atoms with van der Waals surface area (Å²) < 4.78 is 7.86. The van der Waals surface area contributed by atoms with Gasteiger partial charge >= 0.3 is 0 Å². The summed E-state index contributed by atoms with van der Waals surface area (Å²) in [6.45, 7) is 20.3. The van der Waals surface area contributed by atoms with Gasteiger partial charge in [0.2, 0.25) is 0 Å². The van der Waals surface area contributed by atoms with Crippen LogP contribution in [0, 0.1) is 11.3 Å². The monoisotopic (exact) mass is 567 g/mol. The predicted octanol–water partition coefficient (Wildman–Crippen LogP) is 9.14. The number of benzene rings is 2. The third-order valence-electron chi connectivity index (χ3n) is 6.91. The van der Waals surface area contributed by atoms with Crippen molar-refractivity contribution in [3.8, 4) is 17.2 Å². The smallest absolute Gasteiger partial charge is 0.257 e. The van der Waals surface area contributed by atoms with Gasteiger partial charge in [-0.05, 0) is 76.3 Å². The fourth-order valence-electron chi connectivity index (χ4n) is 4.82. The Hall–Kier alpha value is -3.91. The first-order valence-electron chi connectivity index (χ1n) is 15.2. The Bertz CT molecular complexity index is 1480.